The second-order valence-corrected chi connectivity index (χ2v) is 9.25. The van der Waals surface area contributed by atoms with E-state index in [1.165, 1.54) is 35.6 Å². The molecule has 0 aliphatic rings. The molecule has 8 nitrogen and oxygen atoms in total. The summed E-state index contributed by atoms with van der Waals surface area (Å²) in [5.41, 5.74) is 2.46. The summed E-state index contributed by atoms with van der Waals surface area (Å²) in [6.07, 6.45) is 0.457. The molecule has 0 bridgehead atoms. The van der Waals surface area contributed by atoms with Gasteiger partial charge in [0.05, 0.1) is 11.3 Å². The Hall–Kier alpha value is -3.04. The summed E-state index contributed by atoms with van der Waals surface area (Å²) < 4.78 is 31.8. The van der Waals surface area contributed by atoms with Gasteiger partial charge in [-0.1, -0.05) is 34.9 Å². The van der Waals surface area contributed by atoms with Crippen LogP contribution in [0.15, 0.2) is 57.8 Å². The van der Waals surface area contributed by atoms with Crippen molar-refractivity contribution in [3.05, 3.63) is 71.1 Å². The van der Waals surface area contributed by atoms with Crippen molar-refractivity contribution < 1.29 is 17.6 Å². The van der Waals surface area contributed by atoms with Gasteiger partial charge in [0, 0.05) is 18.7 Å². The van der Waals surface area contributed by atoms with E-state index in [1.54, 1.807) is 13.8 Å². The summed E-state index contributed by atoms with van der Waals surface area (Å²) in [4.78, 5) is 12.5. The third-order valence-corrected chi connectivity index (χ3v) is 6.73. The molecule has 0 radical (unpaired) electrons. The normalized spacial score (nSPS) is 11.8. The lowest BCUT2D eigenvalue weighted by Crippen LogP contribution is -2.33. The first-order chi connectivity index (χ1) is 14.2. The third-order valence-electron chi connectivity index (χ3n) is 4.68. The predicted octanol–water partition coefficient (Wildman–Crippen LogP) is 3.25. The standard InChI is InChI=1S/C21H24N4O4S/c1-14(2)25(4)30(27,28)18-11-9-17(10-12-18)20(26)22-21-24-23-19(29-21)13-16-7-5-15(3)6-8-16/h5-12,14H,13H2,1-4H3,(H,22,24,26). The van der Waals surface area contributed by atoms with Crippen LogP contribution in [-0.4, -0.2) is 41.9 Å². The number of carbonyl (C=O) groups is 1. The lowest BCUT2D eigenvalue weighted by atomic mass is 10.1. The Balaban J connectivity index is 1.66. The van der Waals surface area contributed by atoms with Crippen molar-refractivity contribution in [2.24, 2.45) is 0 Å². The molecule has 1 N–H and O–H groups in total. The van der Waals surface area contributed by atoms with E-state index in [4.69, 9.17) is 4.42 Å². The maximum atomic E-state index is 12.5. The highest BCUT2D eigenvalue weighted by molar-refractivity contribution is 7.89. The molecule has 9 heteroatoms. The monoisotopic (exact) mass is 428 g/mol. The van der Waals surface area contributed by atoms with Crippen LogP contribution in [0.25, 0.3) is 0 Å². The topological polar surface area (TPSA) is 105 Å². The van der Waals surface area contributed by atoms with E-state index in [-0.39, 0.29) is 22.5 Å². The van der Waals surface area contributed by atoms with Crippen molar-refractivity contribution in [1.82, 2.24) is 14.5 Å². The molecule has 1 heterocycles. The maximum Gasteiger partial charge on any atom is 0.322 e. The average molecular weight is 429 g/mol. The van der Waals surface area contributed by atoms with Crippen LogP contribution in [0.3, 0.4) is 0 Å². The number of benzene rings is 2. The molecule has 0 fully saturated rings. The minimum absolute atomic E-state index is 0.0154. The second-order valence-electron chi connectivity index (χ2n) is 7.26. The number of nitrogens with zero attached hydrogens (tertiary/aromatic N) is 3. The molecule has 0 unspecified atom stereocenters. The molecular formula is C21H24N4O4S. The van der Waals surface area contributed by atoms with Crippen LogP contribution in [0, 0.1) is 6.92 Å². The number of amides is 1. The van der Waals surface area contributed by atoms with Gasteiger partial charge in [0.2, 0.25) is 15.9 Å². The summed E-state index contributed by atoms with van der Waals surface area (Å²) >= 11 is 0. The average Bonchev–Trinajstić information content (AvgIpc) is 3.15. The molecule has 1 amide bonds. The van der Waals surface area contributed by atoms with Crippen molar-refractivity contribution in [1.29, 1.82) is 0 Å². The van der Waals surface area contributed by atoms with E-state index in [9.17, 15) is 13.2 Å². The van der Waals surface area contributed by atoms with Gasteiger partial charge in [-0.25, -0.2) is 8.42 Å². The fraction of sp³-hybridized carbons (Fsp3) is 0.286. The van der Waals surface area contributed by atoms with Crippen LogP contribution in [0.5, 0.6) is 0 Å². The highest BCUT2D eigenvalue weighted by atomic mass is 32.2. The van der Waals surface area contributed by atoms with E-state index >= 15 is 0 Å². The molecular weight excluding hydrogens is 404 g/mol. The van der Waals surface area contributed by atoms with E-state index in [0.29, 0.717) is 12.3 Å². The summed E-state index contributed by atoms with van der Waals surface area (Å²) in [5, 5.41) is 10.3. The lowest BCUT2D eigenvalue weighted by Gasteiger charge is -2.20. The van der Waals surface area contributed by atoms with Crippen molar-refractivity contribution in [3.8, 4) is 0 Å². The van der Waals surface area contributed by atoms with Crippen LogP contribution in [0.2, 0.25) is 0 Å². The molecule has 3 rings (SSSR count). The molecule has 0 spiro atoms. The number of aryl methyl sites for hydroxylation is 1. The number of hydrogen-bond acceptors (Lipinski definition) is 6. The van der Waals surface area contributed by atoms with E-state index in [0.717, 1.165) is 11.1 Å². The molecule has 0 aliphatic heterocycles. The zero-order valence-electron chi connectivity index (χ0n) is 17.3. The van der Waals surface area contributed by atoms with E-state index in [1.807, 2.05) is 31.2 Å². The van der Waals surface area contributed by atoms with Crippen LogP contribution in [0.4, 0.5) is 6.01 Å². The Morgan fingerprint density at radius 1 is 1.07 bits per heavy atom. The number of hydrogen-bond donors (Lipinski definition) is 1. The Bertz CT molecular complexity index is 1120. The van der Waals surface area contributed by atoms with Crippen LogP contribution in [-0.2, 0) is 16.4 Å². The quantitative estimate of drug-likeness (QED) is 0.619. The molecule has 30 heavy (non-hydrogen) atoms. The van der Waals surface area contributed by atoms with E-state index < -0.39 is 15.9 Å². The van der Waals surface area contributed by atoms with Crippen LogP contribution >= 0.6 is 0 Å². The number of rotatable bonds is 7. The molecule has 0 saturated carbocycles. The SMILES string of the molecule is Cc1ccc(Cc2nnc(NC(=O)c3ccc(S(=O)(=O)N(C)C(C)C)cc3)o2)cc1. The smallest absolute Gasteiger partial charge is 0.322 e. The van der Waals surface area contributed by atoms with Crippen molar-refractivity contribution >= 4 is 21.9 Å². The summed E-state index contributed by atoms with van der Waals surface area (Å²) in [6.45, 7) is 5.59. The van der Waals surface area contributed by atoms with E-state index in [2.05, 4.69) is 15.5 Å². The van der Waals surface area contributed by atoms with Crippen molar-refractivity contribution in [2.45, 2.75) is 38.1 Å². The minimum Gasteiger partial charge on any atom is -0.407 e. The predicted molar refractivity (Wildman–Crippen MR) is 113 cm³/mol. The summed E-state index contributed by atoms with van der Waals surface area (Å²) in [7, 11) is -2.09. The number of anilines is 1. The Labute approximate surface area is 176 Å². The van der Waals surface area contributed by atoms with Gasteiger partial charge in [-0.3, -0.25) is 10.1 Å². The zero-order chi connectivity index (χ0) is 21.9. The molecule has 3 aromatic rings. The van der Waals surface area contributed by atoms with Crippen LogP contribution in [0.1, 0.15) is 41.2 Å². The van der Waals surface area contributed by atoms with Crippen LogP contribution < -0.4 is 5.32 Å². The van der Waals surface area contributed by atoms with Gasteiger partial charge in [-0.2, -0.15) is 4.31 Å². The lowest BCUT2D eigenvalue weighted by molar-refractivity contribution is 0.102. The Morgan fingerprint density at radius 3 is 2.30 bits per heavy atom. The summed E-state index contributed by atoms with van der Waals surface area (Å²) in [5.74, 6) is -0.0889. The minimum atomic E-state index is -3.61. The van der Waals surface area contributed by atoms with Gasteiger partial charge in [0.25, 0.3) is 5.91 Å². The third kappa shape index (κ3) is 4.92. The van der Waals surface area contributed by atoms with Gasteiger partial charge >= 0.3 is 6.01 Å². The highest BCUT2D eigenvalue weighted by Gasteiger charge is 2.23. The van der Waals surface area contributed by atoms with Gasteiger partial charge in [-0.15, -0.1) is 5.10 Å². The van der Waals surface area contributed by atoms with Crippen molar-refractivity contribution in [3.63, 3.8) is 0 Å². The molecule has 0 atom stereocenters. The first-order valence-corrected chi connectivity index (χ1v) is 10.9. The molecule has 0 saturated heterocycles. The van der Waals surface area contributed by atoms with Gasteiger partial charge in [0.1, 0.15) is 0 Å². The van der Waals surface area contributed by atoms with Gasteiger partial charge < -0.3 is 4.42 Å². The number of nitrogens with one attached hydrogen (secondary N) is 1. The second kappa shape index (κ2) is 8.76. The molecule has 2 aromatic carbocycles. The fourth-order valence-electron chi connectivity index (χ4n) is 2.65. The largest absolute Gasteiger partial charge is 0.407 e. The fourth-order valence-corrected chi connectivity index (χ4v) is 4.02. The number of carbonyl (C=O) groups excluding carboxylic acids is 1. The highest BCUT2D eigenvalue weighted by Crippen LogP contribution is 2.18. The number of sulfonamides is 1. The van der Waals surface area contributed by atoms with Gasteiger partial charge in [-0.05, 0) is 50.6 Å². The summed E-state index contributed by atoms with van der Waals surface area (Å²) in [6, 6.07) is 13.4. The van der Waals surface area contributed by atoms with Gasteiger partial charge in [0.15, 0.2) is 0 Å². The maximum absolute atomic E-state index is 12.5. The number of aromatic nitrogens is 2. The first-order valence-electron chi connectivity index (χ1n) is 9.44. The first kappa shape index (κ1) is 21.7. The van der Waals surface area contributed by atoms with Crippen molar-refractivity contribution in [2.75, 3.05) is 12.4 Å². The zero-order valence-corrected chi connectivity index (χ0v) is 18.1. The Kier molecular flexibility index (Phi) is 6.33. The molecule has 0 aliphatic carbocycles. The molecule has 1 aromatic heterocycles. The Morgan fingerprint density at radius 2 is 1.70 bits per heavy atom. The molecule has 158 valence electrons.